The molecule has 1 aromatic heterocycles. The third-order valence-electron chi connectivity index (χ3n) is 4.06. The molecule has 18 heavy (non-hydrogen) atoms. The van der Waals surface area contributed by atoms with Crippen molar-refractivity contribution >= 4 is 0 Å². The van der Waals surface area contributed by atoms with Gasteiger partial charge in [0.05, 0.1) is 0 Å². The molecule has 1 N–H and O–H groups in total. The first-order valence-electron chi connectivity index (χ1n) is 6.91. The van der Waals surface area contributed by atoms with Crippen LogP contribution in [-0.2, 0) is 0 Å². The Bertz CT molecular complexity index is 425. The molecule has 102 valence electrons. The van der Waals surface area contributed by atoms with Gasteiger partial charge in [0.1, 0.15) is 0 Å². The molecule has 3 heteroatoms. The van der Waals surface area contributed by atoms with Crippen LogP contribution in [0, 0.1) is 11.8 Å². The standard InChI is InChI=1S/C15H25NO2/c1-5-11(3)12(4)10-13(6-2)16-14(17)8-7-9-15(16)18/h7-9,11-13,17H,5-6,10H2,1-4H3. The van der Waals surface area contributed by atoms with Crippen molar-refractivity contribution in [2.75, 3.05) is 0 Å². The molecule has 1 heterocycles. The highest BCUT2D eigenvalue weighted by Crippen LogP contribution is 2.28. The summed E-state index contributed by atoms with van der Waals surface area (Å²) in [7, 11) is 0. The summed E-state index contributed by atoms with van der Waals surface area (Å²) in [6.07, 6.45) is 2.94. The molecule has 0 aliphatic heterocycles. The zero-order valence-corrected chi connectivity index (χ0v) is 11.9. The van der Waals surface area contributed by atoms with Gasteiger partial charge >= 0.3 is 0 Å². The minimum absolute atomic E-state index is 0.0747. The molecule has 0 saturated carbocycles. The molecule has 0 saturated heterocycles. The van der Waals surface area contributed by atoms with E-state index in [1.165, 1.54) is 10.6 Å². The fraction of sp³-hybridized carbons (Fsp3) is 0.667. The smallest absolute Gasteiger partial charge is 0.253 e. The third-order valence-corrected chi connectivity index (χ3v) is 4.06. The Morgan fingerprint density at radius 3 is 2.33 bits per heavy atom. The predicted molar refractivity (Wildman–Crippen MR) is 74.9 cm³/mol. The lowest BCUT2D eigenvalue weighted by atomic mass is 9.87. The molecule has 0 radical (unpaired) electrons. The summed E-state index contributed by atoms with van der Waals surface area (Å²) in [4.78, 5) is 11.9. The predicted octanol–water partition coefficient (Wildman–Crippen LogP) is 3.58. The van der Waals surface area contributed by atoms with Gasteiger partial charge in [-0.15, -0.1) is 0 Å². The molecule has 0 fully saturated rings. The average molecular weight is 251 g/mol. The monoisotopic (exact) mass is 251 g/mol. The van der Waals surface area contributed by atoms with Gasteiger partial charge < -0.3 is 5.11 Å². The Labute approximate surface area is 109 Å². The highest BCUT2D eigenvalue weighted by molar-refractivity contribution is 5.12. The molecule has 0 bridgehead atoms. The molecular formula is C15H25NO2. The van der Waals surface area contributed by atoms with Crippen LogP contribution in [0.3, 0.4) is 0 Å². The molecule has 3 unspecified atom stereocenters. The van der Waals surface area contributed by atoms with Gasteiger partial charge in [-0.1, -0.05) is 40.2 Å². The van der Waals surface area contributed by atoms with Crippen molar-refractivity contribution in [3.8, 4) is 5.88 Å². The van der Waals surface area contributed by atoms with Crippen molar-refractivity contribution in [2.24, 2.45) is 11.8 Å². The minimum atomic E-state index is -0.113. The minimum Gasteiger partial charge on any atom is -0.494 e. The van der Waals surface area contributed by atoms with Crippen LogP contribution >= 0.6 is 0 Å². The highest BCUT2D eigenvalue weighted by atomic mass is 16.3. The van der Waals surface area contributed by atoms with Crippen molar-refractivity contribution in [3.63, 3.8) is 0 Å². The highest BCUT2D eigenvalue weighted by Gasteiger charge is 2.19. The van der Waals surface area contributed by atoms with Crippen LogP contribution in [0.15, 0.2) is 23.0 Å². The van der Waals surface area contributed by atoms with Crippen LogP contribution < -0.4 is 5.56 Å². The topological polar surface area (TPSA) is 42.2 Å². The summed E-state index contributed by atoms with van der Waals surface area (Å²) in [5.41, 5.74) is -0.113. The molecule has 0 amide bonds. The van der Waals surface area contributed by atoms with E-state index in [9.17, 15) is 9.90 Å². The second kappa shape index (κ2) is 6.62. The normalized spacial score (nSPS) is 16.2. The Morgan fingerprint density at radius 1 is 1.17 bits per heavy atom. The maximum atomic E-state index is 11.9. The van der Waals surface area contributed by atoms with Crippen molar-refractivity contribution in [1.29, 1.82) is 0 Å². The first-order valence-corrected chi connectivity index (χ1v) is 6.91. The number of pyridine rings is 1. The van der Waals surface area contributed by atoms with Crippen molar-refractivity contribution in [3.05, 3.63) is 28.6 Å². The maximum absolute atomic E-state index is 11.9. The Morgan fingerprint density at radius 2 is 1.83 bits per heavy atom. The summed E-state index contributed by atoms with van der Waals surface area (Å²) in [6.45, 7) is 8.72. The largest absolute Gasteiger partial charge is 0.494 e. The second-order valence-electron chi connectivity index (χ2n) is 5.25. The lowest BCUT2D eigenvalue weighted by Crippen LogP contribution is -2.25. The Balaban J connectivity index is 2.93. The van der Waals surface area contributed by atoms with E-state index >= 15 is 0 Å². The molecule has 3 atom stereocenters. The third kappa shape index (κ3) is 3.37. The number of nitrogens with zero attached hydrogens (tertiary/aromatic N) is 1. The average Bonchev–Trinajstić information content (AvgIpc) is 2.35. The summed E-state index contributed by atoms with van der Waals surface area (Å²) in [5.74, 6) is 1.26. The number of aromatic hydroxyl groups is 1. The van der Waals surface area contributed by atoms with Crippen LogP contribution in [-0.4, -0.2) is 9.67 Å². The molecule has 0 aliphatic carbocycles. The lowest BCUT2D eigenvalue weighted by Gasteiger charge is -2.26. The molecule has 3 nitrogen and oxygen atoms in total. The maximum Gasteiger partial charge on any atom is 0.253 e. The van der Waals surface area contributed by atoms with Crippen molar-refractivity contribution in [1.82, 2.24) is 4.57 Å². The van der Waals surface area contributed by atoms with E-state index in [4.69, 9.17) is 0 Å². The van der Waals surface area contributed by atoms with Crippen LogP contribution in [0.1, 0.15) is 53.0 Å². The molecule has 0 spiro atoms. The van der Waals surface area contributed by atoms with E-state index in [0.717, 1.165) is 19.3 Å². The lowest BCUT2D eigenvalue weighted by molar-refractivity contribution is 0.269. The fourth-order valence-corrected chi connectivity index (χ4v) is 2.38. The zero-order valence-electron chi connectivity index (χ0n) is 11.9. The fourth-order valence-electron chi connectivity index (χ4n) is 2.38. The van der Waals surface area contributed by atoms with Gasteiger partial charge in [0.15, 0.2) is 5.88 Å². The molecule has 1 aromatic rings. The zero-order chi connectivity index (χ0) is 13.7. The molecular weight excluding hydrogens is 226 g/mol. The Kier molecular flexibility index (Phi) is 5.45. The first-order chi connectivity index (χ1) is 8.51. The molecule has 0 aromatic carbocycles. The van der Waals surface area contributed by atoms with Gasteiger partial charge in [-0.2, -0.15) is 0 Å². The van der Waals surface area contributed by atoms with Gasteiger partial charge in [-0.25, -0.2) is 0 Å². The van der Waals surface area contributed by atoms with Crippen LogP contribution in [0.25, 0.3) is 0 Å². The van der Waals surface area contributed by atoms with Gasteiger partial charge in [0.25, 0.3) is 5.56 Å². The van der Waals surface area contributed by atoms with E-state index in [1.54, 1.807) is 12.1 Å². The van der Waals surface area contributed by atoms with Crippen molar-refractivity contribution < 1.29 is 5.11 Å². The summed E-state index contributed by atoms with van der Waals surface area (Å²) in [6, 6.07) is 4.77. The summed E-state index contributed by atoms with van der Waals surface area (Å²) in [5, 5.41) is 9.86. The van der Waals surface area contributed by atoms with E-state index < -0.39 is 0 Å². The summed E-state index contributed by atoms with van der Waals surface area (Å²) >= 11 is 0. The van der Waals surface area contributed by atoms with E-state index in [2.05, 4.69) is 27.7 Å². The molecule has 1 rings (SSSR count). The van der Waals surface area contributed by atoms with Gasteiger partial charge in [0, 0.05) is 12.1 Å². The van der Waals surface area contributed by atoms with Gasteiger partial charge in [-0.05, 0) is 30.7 Å². The van der Waals surface area contributed by atoms with Gasteiger partial charge in [-0.3, -0.25) is 9.36 Å². The van der Waals surface area contributed by atoms with E-state index in [1.807, 2.05) is 0 Å². The van der Waals surface area contributed by atoms with Crippen LogP contribution in [0.5, 0.6) is 5.88 Å². The quantitative estimate of drug-likeness (QED) is 0.839. The van der Waals surface area contributed by atoms with Crippen molar-refractivity contribution in [2.45, 2.75) is 53.0 Å². The summed E-state index contributed by atoms with van der Waals surface area (Å²) < 4.78 is 1.53. The van der Waals surface area contributed by atoms with Crippen LogP contribution in [0.4, 0.5) is 0 Å². The van der Waals surface area contributed by atoms with E-state index in [-0.39, 0.29) is 17.5 Å². The van der Waals surface area contributed by atoms with E-state index in [0.29, 0.717) is 11.8 Å². The second-order valence-corrected chi connectivity index (χ2v) is 5.25. The first kappa shape index (κ1) is 14.8. The number of hydrogen-bond donors (Lipinski definition) is 1. The Hall–Kier alpha value is -1.25. The van der Waals surface area contributed by atoms with Crippen LogP contribution in [0.2, 0.25) is 0 Å². The SMILES string of the molecule is CCC(C)C(C)CC(CC)n1c(O)cccc1=O. The number of rotatable bonds is 6. The molecule has 0 aliphatic rings. The number of hydrogen-bond acceptors (Lipinski definition) is 2. The number of aromatic nitrogens is 1. The van der Waals surface area contributed by atoms with Gasteiger partial charge in [0.2, 0.25) is 0 Å².